The Kier molecular flexibility index (Phi) is 5.70. The number of aliphatic hydroxyl groups is 1. The molecule has 0 aromatic rings. The van der Waals surface area contributed by atoms with Gasteiger partial charge in [0.25, 0.3) is 0 Å². The molecule has 1 fully saturated rings. The minimum atomic E-state index is 0. The summed E-state index contributed by atoms with van der Waals surface area (Å²) in [5.41, 5.74) is 0. The number of rotatable bonds is 0. The van der Waals surface area contributed by atoms with E-state index in [1.807, 2.05) is 0 Å². The van der Waals surface area contributed by atoms with E-state index >= 15 is 0 Å². The highest BCUT2D eigenvalue weighted by molar-refractivity contribution is 4.67. The molecule has 0 heterocycles. The molecule has 1 N–H and O–H groups in total. The van der Waals surface area contributed by atoms with Crippen LogP contribution in [0.5, 0.6) is 0 Å². The molecule has 10 heavy (non-hydrogen) atoms. The Balaban J connectivity index is 0. The molecule has 1 nitrogen and oxygen atoms in total. The molecule has 64 valence electrons. The number of hydrogen-bond donors (Lipinski definition) is 1. The second kappa shape index (κ2) is 5.72. The van der Waals surface area contributed by atoms with Crippen LogP contribution in [-0.4, -0.2) is 12.2 Å². The van der Waals surface area contributed by atoms with E-state index < -0.39 is 0 Å². The largest absolute Gasteiger partial charge is 0.400 e. The quantitative estimate of drug-likeness (QED) is 0.557. The van der Waals surface area contributed by atoms with Gasteiger partial charge in [-0.25, -0.2) is 0 Å². The van der Waals surface area contributed by atoms with Crippen LogP contribution in [0.4, 0.5) is 0 Å². The standard InChI is InChI=1S/C8H16.CH4O.H2/c1-7-5-3-4-6-8(7)2;1-2;/h7-8H,3-6H2,1-2H3;2H,1H3;1H. The first kappa shape index (κ1) is 9.96. The minimum absolute atomic E-state index is 0. The maximum absolute atomic E-state index is 7.00. The van der Waals surface area contributed by atoms with Gasteiger partial charge in [0, 0.05) is 8.54 Å². The Morgan fingerprint density at radius 3 is 1.50 bits per heavy atom. The van der Waals surface area contributed by atoms with E-state index in [0.29, 0.717) is 0 Å². The minimum Gasteiger partial charge on any atom is -0.400 e. The first-order valence-electron chi connectivity index (χ1n) is 4.25. The Morgan fingerprint density at radius 1 is 1.00 bits per heavy atom. The van der Waals surface area contributed by atoms with Gasteiger partial charge in [-0.05, 0) is 11.8 Å². The van der Waals surface area contributed by atoms with Gasteiger partial charge < -0.3 is 5.11 Å². The van der Waals surface area contributed by atoms with Gasteiger partial charge in [0.05, 0.1) is 0 Å². The molecule has 0 bridgehead atoms. The molecular formula is C9H22O. The summed E-state index contributed by atoms with van der Waals surface area (Å²) in [4.78, 5) is 0. The van der Waals surface area contributed by atoms with Crippen LogP contribution in [0, 0.1) is 11.8 Å². The van der Waals surface area contributed by atoms with Crippen molar-refractivity contribution in [3.63, 3.8) is 0 Å². The molecule has 0 aromatic heterocycles. The SMILES string of the molecule is CC1CCCCC1C.CO.[HH]. The molecule has 2 atom stereocenters. The lowest BCUT2D eigenvalue weighted by Gasteiger charge is -2.24. The lowest BCUT2D eigenvalue weighted by atomic mass is 9.82. The smallest absolute Gasteiger partial charge is 0.0319 e. The summed E-state index contributed by atoms with van der Waals surface area (Å²) in [5.74, 6) is 2.01. The van der Waals surface area contributed by atoms with Crippen molar-refractivity contribution in [2.24, 2.45) is 11.8 Å². The van der Waals surface area contributed by atoms with Gasteiger partial charge in [-0.15, -0.1) is 0 Å². The molecule has 2 unspecified atom stereocenters. The zero-order chi connectivity index (χ0) is 7.98. The molecule has 1 heteroatoms. The monoisotopic (exact) mass is 146 g/mol. The first-order valence-corrected chi connectivity index (χ1v) is 4.25. The van der Waals surface area contributed by atoms with Crippen LogP contribution in [0.2, 0.25) is 0 Å². The molecule has 1 aliphatic carbocycles. The summed E-state index contributed by atoms with van der Waals surface area (Å²) in [6.45, 7) is 4.76. The second-order valence-corrected chi connectivity index (χ2v) is 3.24. The van der Waals surface area contributed by atoms with E-state index in [9.17, 15) is 0 Å². The Hall–Kier alpha value is -0.0400. The molecule has 1 rings (SSSR count). The van der Waals surface area contributed by atoms with Crippen LogP contribution >= 0.6 is 0 Å². The highest BCUT2D eigenvalue weighted by atomic mass is 16.2. The van der Waals surface area contributed by atoms with Gasteiger partial charge in [0.2, 0.25) is 0 Å². The van der Waals surface area contributed by atoms with Crippen molar-refractivity contribution in [2.75, 3.05) is 7.11 Å². The second-order valence-electron chi connectivity index (χ2n) is 3.24. The Morgan fingerprint density at radius 2 is 1.30 bits per heavy atom. The van der Waals surface area contributed by atoms with E-state index in [1.165, 1.54) is 25.7 Å². The molecule has 0 aliphatic heterocycles. The van der Waals surface area contributed by atoms with E-state index in [-0.39, 0.29) is 1.43 Å². The van der Waals surface area contributed by atoms with Crippen molar-refractivity contribution in [2.45, 2.75) is 39.5 Å². The molecular weight excluding hydrogens is 124 g/mol. The van der Waals surface area contributed by atoms with E-state index in [1.54, 1.807) is 0 Å². The maximum Gasteiger partial charge on any atom is 0.0319 e. The highest BCUT2D eigenvalue weighted by Gasteiger charge is 2.15. The zero-order valence-corrected chi connectivity index (χ0v) is 7.43. The fraction of sp³-hybridized carbons (Fsp3) is 1.00. The van der Waals surface area contributed by atoms with Gasteiger partial charge in [0.1, 0.15) is 0 Å². The fourth-order valence-electron chi connectivity index (χ4n) is 1.50. The van der Waals surface area contributed by atoms with Crippen molar-refractivity contribution < 1.29 is 6.53 Å². The van der Waals surface area contributed by atoms with E-state index in [2.05, 4.69) is 13.8 Å². The summed E-state index contributed by atoms with van der Waals surface area (Å²) >= 11 is 0. The average molecular weight is 146 g/mol. The van der Waals surface area contributed by atoms with Crippen LogP contribution in [0.1, 0.15) is 41.0 Å². The van der Waals surface area contributed by atoms with Gasteiger partial charge in [-0.3, -0.25) is 0 Å². The third-order valence-electron chi connectivity index (χ3n) is 2.54. The summed E-state index contributed by atoms with van der Waals surface area (Å²) in [6.07, 6.45) is 5.90. The highest BCUT2D eigenvalue weighted by Crippen LogP contribution is 2.28. The normalized spacial score (nSPS) is 32.4. The Labute approximate surface area is 65.9 Å². The number of aliphatic hydroxyl groups excluding tert-OH is 1. The Bertz CT molecular complexity index is 66.0. The van der Waals surface area contributed by atoms with Crippen LogP contribution in [0.15, 0.2) is 0 Å². The molecule has 0 aromatic carbocycles. The predicted octanol–water partition coefficient (Wildman–Crippen LogP) is 2.69. The van der Waals surface area contributed by atoms with Crippen molar-refractivity contribution in [3.05, 3.63) is 0 Å². The number of hydrogen-bond acceptors (Lipinski definition) is 1. The van der Waals surface area contributed by atoms with E-state index in [0.717, 1.165) is 18.9 Å². The topological polar surface area (TPSA) is 20.2 Å². The van der Waals surface area contributed by atoms with Crippen molar-refractivity contribution in [1.82, 2.24) is 0 Å². The fourth-order valence-corrected chi connectivity index (χ4v) is 1.50. The third kappa shape index (κ3) is 3.21. The maximum atomic E-state index is 7.00. The predicted molar refractivity (Wildman–Crippen MR) is 47.1 cm³/mol. The first-order chi connectivity index (χ1) is 4.80. The van der Waals surface area contributed by atoms with Crippen molar-refractivity contribution in [1.29, 1.82) is 0 Å². The summed E-state index contributed by atoms with van der Waals surface area (Å²) in [5, 5.41) is 7.00. The van der Waals surface area contributed by atoms with Crippen molar-refractivity contribution >= 4 is 0 Å². The third-order valence-corrected chi connectivity index (χ3v) is 2.54. The molecule has 0 radical (unpaired) electrons. The molecule has 0 spiro atoms. The van der Waals surface area contributed by atoms with Crippen LogP contribution in [0.3, 0.4) is 0 Å². The van der Waals surface area contributed by atoms with Gasteiger partial charge in [-0.1, -0.05) is 39.5 Å². The lowest BCUT2D eigenvalue weighted by Crippen LogP contribution is -2.12. The van der Waals surface area contributed by atoms with E-state index in [4.69, 9.17) is 5.11 Å². The summed E-state index contributed by atoms with van der Waals surface area (Å²) in [7, 11) is 1.00. The molecule has 1 saturated carbocycles. The van der Waals surface area contributed by atoms with Gasteiger partial charge in [-0.2, -0.15) is 0 Å². The van der Waals surface area contributed by atoms with Gasteiger partial charge >= 0.3 is 0 Å². The molecule has 1 aliphatic rings. The van der Waals surface area contributed by atoms with Crippen LogP contribution in [0.25, 0.3) is 0 Å². The zero-order valence-electron chi connectivity index (χ0n) is 7.43. The van der Waals surface area contributed by atoms with Crippen molar-refractivity contribution in [3.8, 4) is 0 Å². The summed E-state index contributed by atoms with van der Waals surface area (Å²) < 4.78 is 0. The van der Waals surface area contributed by atoms with Crippen LogP contribution in [-0.2, 0) is 0 Å². The average Bonchev–Trinajstić information content (AvgIpc) is 2.00. The summed E-state index contributed by atoms with van der Waals surface area (Å²) in [6, 6.07) is 0. The molecule has 0 amide bonds. The lowest BCUT2D eigenvalue weighted by molar-refractivity contribution is 0.277. The van der Waals surface area contributed by atoms with Crippen LogP contribution < -0.4 is 0 Å². The molecule has 0 saturated heterocycles. The van der Waals surface area contributed by atoms with Gasteiger partial charge in [0.15, 0.2) is 0 Å².